The molecule has 2 aromatic rings. The van der Waals surface area contributed by atoms with E-state index >= 15 is 0 Å². The van der Waals surface area contributed by atoms with Gasteiger partial charge < -0.3 is 15.2 Å². The first-order chi connectivity index (χ1) is 10.0. The lowest BCUT2D eigenvalue weighted by molar-refractivity contribution is 0.186. The first kappa shape index (κ1) is 15.3. The van der Waals surface area contributed by atoms with Crippen molar-refractivity contribution in [3.8, 4) is 5.75 Å². The monoisotopic (exact) mass is 293 g/mol. The summed E-state index contributed by atoms with van der Waals surface area (Å²) in [6, 6.07) is 8.60. The average Bonchev–Trinajstić information content (AvgIpc) is 2.45. The van der Waals surface area contributed by atoms with Crippen molar-refractivity contribution in [3.63, 3.8) is 0 Å². The summed E-state index contributed by atoms with van der Waals surface area (Å²) in [5.74, 6) is -0.679. The number of nitrogens with one attached hydrogen (secondary N) is 1. The number of rotatable bonds is 5. The van der Waals surface area contributed by atoms with Crippen molar-refractivity contribution < 1.29 is 18.6 Å². The molecule has 0 aliphatic carbocycles. The van der Waals surface area contributed by atoms with Crippen LogP contribution in [0, 0.1) is 18.6 Å². The Hall–Kier alpha value is -2.14. The minimum Gasteiger partial charge on any atom is -0.497 e. The number of aryl methyl sites for hydroxylation is 1. The van der Waals surface area contributed by atoms with Gasteiger partial charge in [0.2, 0.25) is 0 Å². The second kappa shape index (κ2) is 6.54. The highest BCUT2D eigenvalue weighted by atomic mass is 19.1. The first-order valence-electron chi connectivity index (χ1n) is 6.53. The predicted molar refractivity (Wildman–Crippen MR) is 77.5 cm³/mol. The molecule has 0 aliphatic heterocycles. The van der Waals surface area contributed by atoms with Gasteiger partial charge in [-0.05, 0) is 36.8 Å². The molecule has 5 heteroatoms. The summed E-state index contributed by atoms with van der Waals surface area (Å²) in [5, 5.41) is 13.0. The lowest BCUT2D eigenvalue weighted by Crippen LogP contribution is -2.14. The van der Waals surface area contributed by atoms with Crippen LogP contribution in [-0.4, -0.2) is 18.8 Å². The van der Waals surface area contributed by atoms with Crippen LogP contribution < -0.4 is 10.1 Å². The number of aliphatic hydroxyl groups excluding tert-OH is 1. The maximum Gasteiger partial charge on any atom is 0.131 e. The van der Waals surface area contributed by atoms with Crippen molar-refractivity contribution in [1.29, 1.82) is 0 Å². The van der Waals surface area contributed by atoms with Crippen LogP contribution in [0.4, 0.5) is 14.5 Å². The molecular weight excluding hydrogens is 276 g/mol. The van der Waals surface area contributed by atoms with Gasteiger partial charge in [0, 0.05) is 23.9 Å². The molecule has 0 heterocycles. The molecule has 0 saturated heterocycles. The van der Waals surface area contributed by atoms with Gasteiger partial charge in [0.25, 0.3) is 0 Å². The van der Waals surface area contributed by atoms with Crippen LogP contribution in [0.2, 0.25) is 0 Å². The highest BCUT2D eigenvalue weighted by Crippen LogP contribution is 2.23. The fourth-order valence-electron chi connectivity index (χ4n) is 2.05. The third-order valence-electron chi connectivity index (χ3n) is 3.24. The van der Waals surface area contributed by atoms with Crippen molar-refractivity contribution in [2.24, 2.45) is 0 Å². The predicted octanol–water partition coefficient (Wildman–Crippen LogP) is 3.43. The molecule has 0 aliphatic rings. The summed E-state index contributed by atoms with van der Waals surface area (Å²) in [6.07, 6.45) is -1.06. The van der Waals surface area contributed by atoms with E-state index in [1.807, 2.05) is 19.1 Å². The Bertz CT molecular complexity index is 632. The number of ether oxygens (including phenoxy) is 1. The van der Waals surface area contributed by atoms with Crippen molar-refractivity contribution in [1.82, 2.24) is 0 Å². The summed E-state index contributed by atoms with van der Waals surface area (Å²) in [6.45, 7) is 2.02. The summed E-state index contributed by atoms with van der Waals surface area (Å²) in [7, 11) is 1.59. The molecule has 0 radical (unpaired) electrons. The quantitative estimate of drug-likeness (QED) is 0.887. The number of hydrogen-bond acceptors (Lipinski definition) is 3. The van der Waals surface area contributed by atoms with E-state index in [9.17, 15) is 13.9 Å². The van der Waals surface area contributed by atoms with Gasteiger partial charge in [-0.1, -0.05) is 6.07 Å². The number of anilines is 1. The Labute approximate surface area is 122 Å². The SMILES string of the molecule is COc1ccc(NCC(O)c2ccc(F)cc2F)c(C)c1. The average molecular weight is 293 g/mol. The van der Waals surface area contributed by atoms with Crippen LogP contribution in [-0.2, 0) is 0 Å². The van der Waals surface area contributed by atoms with Gasteiger partial charge in [-0.25, -0.2) is 8.78 Å². The standard InChI is InChI=1S/C16H17F2NO2/c1-10-7-12(21-2)4-6-15(10)19-9-16(20)13-5-3-11(17)8-14(13)18/h3-8,16,19-20H,9H2,1-2H3. The van der Waals surface area contributed by atoms with Crippen LogP contribution in [0.3, 0.4) is 0 Å². The van der Waals surface area contributed by atoms with Crippen molar-refractivity contribution >= 4 is 5.69 Å². The van der Waals surface area contributed by atoms with E-state index in [1.54, 1.807) is 13.2 Å². The minimum absolute atomic E-state index is 0.0649. The number of halogens is 2. The highest BCUT2D eigenvalue weighted by molar-refractivity contribution is 5.53. The highest BCUT2D eigenvalue weighted by Gasteiger charge is 2.13. The molecule has 1 atom stereocenters. The molecule has 0 fully saturated rings. The molecular formula is C16H17F2NO2. The molecule has 0 saturated carbocycles. The van der Waals surface area contributed by atoms with E-state index in [1.165, 1.54) is 6.07 Å². The molecule has 112 valence electrons. The summed E-state index contributed by atoms with van der Waals surface area (Å²) in [4.78, 5) is 0. The summed E-state index contributed by atoms with van der Waals surface area (Å²) >= 11 is 0. The smallest absolute Gasteiger partial charge is 0.131 e. The van der Waals surface area contributed by atoms with Crippen LogP contribution in [0.15, 0.2) is 36.4 Å². The molecule has 3 nitrogen and oxygen atoms in total. The summed E-state index contributed by atoms with van der Waals surface area (Å²) < 4.78 is 31.5. The molecule has 2 aromatic carbocycles. The van der Waals surface area contributed by atoms with E-state index in [0.717, 1.165) is 29.1 Å². The second-order valence-electron chi connectivity index (χ2n) is 4.74. The van der Waals surface area contributed by atoms with Gasteiger partial charge in [-0.15, -0.1) is 0 Å². The first-order valence-corrected chi connectivity index (χ1v) is 6.53. The maximum absolute atomic E-state index is 13.6. The van der Waals surface area contributed by atoms with Crippen molar-refractivity contribution in [2.45, 2.75) is 13.0 Å². The molecule has 2 N–H and O–H groups in total. The Morgan fingerprint density at radius 3 is 2.57 bits per heavy atom. The molecule has 0 aromatic heterocycles. The molecule has 0 amide bonds. The van der Waals surface area contributed by atoms with Crippen LogP contribution in [0.1, 0.15) is 17.2 Å². The molecule has 21 heavy (non-hydrogen) atoms. The van der Waals surface area contributed by atoms with Gasteiger partial charge in [0.05, 0.1) is 13.2 Å². The fourth-order valence-corrected chi connectivity index (χ4v) is 2.05. The van der Waals surface area contributed by atoms with Gasteiger partial charge in [-0.2, -0.15) is 0 Å². The minimum atomic E-state index is -1.06. The van der Waals surface area contributed by atoms with Crippen molar-refractivity contribution in [3.05, 3.63) is 59.2 Å². The molecule has 0 spiro atoms. The van der Waals surface area contributed by atoms with E-state index in [-0.39, 0.29) is 12.1 Å². The normalized spacial score (nSPS) is 12.0. The molecule has 2 rings (SSSR count). The van der Waals surface area contributed by atoms with E-state index in [2.05, 4.69) is 5.32 Å². The largest absolute Gasteiger partial charge is 0.497 e. The van der Waals surface area contributed by atoms with Crippen LogP contribution >= 0.6 is 0 Å². The summed E-state index contributed by atoms with van der Waals surface area (Å²) in [5.41, 5.74) is 1.83. The van der Waals surface area contributed by atoms with Crippen LogP contribution in [0.25, 0.3) is 0 Å². The van der Waals surface area contributed by atoms with Crippen molar-refractivity contribution in [2.75, 3.05) is 19.0 Å². The Morgan fingerprint density at radius 1 is 1.19 bits per heavy atom. The van der Waals surface area contributed by atoms with Gasteiger partial charge in [-0.3, -0.25) is 0 Å². The van der Waals surface area contributed by atoms with Gasteiger partial charge in [0.1, 0.15) is 17.4 Å². The fraction of sp³-hybridized carbons (Fsp3) is 0.250. The van der Waals surface area contributed by atoms with E-state index < -0.39 is 17.7 Å². The van der Waals surface area contributed by atoms with Crippen LogP contribution in [0.5, 0.6) is 5.75 Å². The van der Waals surface area contributed by atoms with Gasteiger partial charge in [0.15, 0.2) is 0 Å². The molecule has 0 bridgehead atoms. The zero-order chi connectivity index (χ0) is 15.4. The lowest BCUT2D eigenvalue weighted by atomic mass is 10.1. The maximum atomic E-state index is 13.6. The topological polar surface area (TPSA) is 41.5 Å². The third-order valence-corrected chi connectivity index (χ3v) is 3.24. The number of aliphatic hydroxyl groups is 1. The zero-order valence-corrected chi connectivity index (χ0v) is 11.9. The zero-order valence-electron chi connectivity index (χ0n) is 11.9. The Morgan fingerprint density at radius 2 is 1.95 bits per heavy atom. The van der Waals surface area contributed by atoms with Gasteiger partial charge >= 0.3 is 0 Å². The Kier molecular flexibility index (Phi) is 4.75. The number of hydrogen-bond donors (Lipinski definition) is 2. The second-order valence-corrected chi connectivity index (χ2v) is 4.74. The lowest BCUT2D eigenvalue weighted by Gasteiger charge is -2.16. The Balaban J connectivity index is 2.05. The number of benzene rings is 2. The molecule has 1 unspecified atom stereocenters. The van der Waals surface area contributed by atoms with E-state index in [0.29, 0.717) is 0 Å². The third kappa shape index (κ3) is 3.70. The number of methoxy groups -OCH3 is 1. The van der Waals surface area contributed by atoms with E-state index in [4.69, 9.17) is 4.74 Å².